The molecule has 0 heterocycles. The van der Waals surface area contributed by atoms with Crippen LogP contribution in [-0.2, 0) is 4.79 Å². The lowest BCUT2D eigenvalue weighted by Gasteiger charge is -2.34. The Kier molecular flexibility index (Phi) is 3.74. The van der Waals surface area contributed by atoms with E-state index in [9.17, 15) is 4.79 Å². The fraction of sp³-hybridized carbons (Fsp3) is 0.643. The van der Waals surface area contributed by atoms with Gasteiger partial charge in [0.1, 0.15) is 0 Å². The largest absolute Gasteiger partial charge is 0.280 e. The van der Waals surface area contributed by atoms with Crippen LogP contribution in [0.1, 0.15) is 40.5 Å². The van der Waals surface area contributed by atoms with E-state index in [2.05, 4.69) is 39.5 Å². The molecule has 0 N–H and O–H groups in total. The highest BCUT2D eigenvalue weighted by Crippen LogP contribution is 2.36. The third-order valence-corrected chi connectivity index (χ3v) is 2.96. The van der Waals surface area contributed by atoms with E-state index in [0.29, 0.717) is 5.92 Å². The molecule has 2 atom stereocenters. The topological polar surface area (TPSA) is 17.1 Å². The first-order valence-electron chi connectivity index (χ1n) is 5.69. The molecule has 0 radical (unpaired) electrons. The summed E-state index contributed by atoms with van der Waals surface area (Å²) < 4.78 is 0. The predicted octanol–water partition coefficient (Wildman–Crippen LogP) is 3.21. The van der Waals surface area contributed by atoms with Crippen LogP contribution in [0.5, 0.6) is 0 Å². The molecule has 1 rings (SSSR count). The third kappa shape index (κ3) is 3.23. The van der Waals surface area contributed by atoms with Crippen molar-refractivity contribution in [1.29, 1.82) is 0 Å². The molecule has 2 unspecified atom stereocenters. The molecule has 82 valence electrons. The standard InChI is InChI=1S/C14H20O/c1-5-6-13(14(2,3)4)11-7-9-12(15)10-8-11/h7,9,11,13H,5-6H2,1-4H3. The minimum atomic E-state index is -0.0598. The summed E-state index contributed by atoms with van der Waals surface area (Å²) in [7, 11) is 0. The molecule has 0 aromatic rings. The lowest BCUT2D eigenvalue weighted by atomic mass is 9.70. The highest BCUT2D eigenvalue weighted by atomic mass is 16.1. The average molecular weight is 204 g/mol. The Labute approximate surface area is 92.9 Å². The predicted molar refractivity (Wildman–Crippen MR) is 63.3 cm³/mol. The minimum Gasteiger partial charge on any atom is -0.280 e. The molecule has 15 heavy (non-hydrogen) atoms. The van der Waals surface area contributed by atoms with Gasteiger partial charge in [-0.3, -0.25) is 4.79 Å². The first kappa shape index (κ1) is 12.0. The van der Waals surface area contributed by atoms with Gasteiger partial charge >= 0.3 is 0 Å². The Morgan fingerprint density at radius 3 is 2.53 bits per heavy atom. The maximum atomic E-state index is 11.0. The van der Waals surface area contributed by atoms with Gasteiger partial charge in [0.25, 0.3) is 0 Å². The fourth-order valence-corrected chi connectivity index (χ4v) is 2.13. The number of carbonyl (C=O) groups is 1. The molecule has 0 aliphatic heterocycles. The van der Waals surface area contributed by atoms with Crippen LogP contribution in [0, 0.1) is 29.1 Å². The Balaban J connectivity index is 2.82. The van der Waals surface area contributed by atoms with Crippen LogP contribution in [0.15, 0.2) is 12.2 Å². The molecule has 1 heteroatoms. The number of rotatable bonds is 3. The van der Waals surface area contributed by atoms with Gasteiger partial charge in [-0.05, 0) is 29.8 Å². The second kappa shape index (κ2) is 4.66. The van der Waals surface area contributed by atoms with Crippen molar-refractivity contribution in [2.45, 2.75) is 40.5 Å². The van der Waals surface area contributed by atoms with Gasteiger partial charge < -0.3 is 0 Å². The Bertz CT molecular complexity index is 319. The Morgan fingerprint density at radius 2 is 2.13 bits per heavy atom. The molecule has 1 aliphatic rings. The molecular weight excluding hydrogens is 184 g/mol. The normalized spacial score (nSPS) is 22.1. The monoisotopic (exact) mass is 204 g/mol. The van der Waals surface area contributed by atoms with E-state index in [1.807, 2.05) is 6.08 Å². The lowest BCUT2D eigenvalue weighted by molar-refractivity contribution is -0.109. The van der Waals surface area contributed by atoms with Gasteiger partial charge in [0, 0.05) is 5.92 Å². The maximum Gasteiger partial charge on any atom is 0.228 e. The second-order valence-electron chi connectivity index (χ2n) is 5.28. The highest BCUT2D eigenvalue weighted by Gasteiger charge is 2.29. The molecule has 0 aromatic carbocycles. The van der Waals surface area contributed by atoms with Gasteiger partial charge in [-0.25, -0.2) is 0 Å². The van der Waals surface area contributed by atoms with Crippen LogP contribution < -0.4 is 0 Å². The minimum absolute atomic E-state index is 0.0598. The van der Waals surface area contributed by atoms with Crippen molar-refractivity contribution in [2.24, 2.45) is 17.3 Å². The smallest absolute Gasteiger partial charge is 0.228 e. The SMILES string of the molecule is CCCC(C1C#CC(=O)C=C1)C(C)(C)C. The molecule has 1 aliphatic carbocycles. The van der Waals surface area contributed by atoms with E-state index < -0.39 is 0 Å². The molecule has 1 nitrogen and oxygen atoms in total. The number of hydrogen-bond acceptors (Lipinski definition) is 1. The van der Waals surface area contributed by atoms with Crippen LogP contribution in [0.25, 0.3) is 0 Å². The number of carbonyl (C=O) groups excluding carboxylic acids is 1. The van der Waals surface area contributed by atoms with E-state index in [1.165, 1.54) is 12.8 Å². The zero-order chi connectivity index (χ0) is 11.5. The summed E-state index contributed by atoms with van der Waals surface area (Å²) in [6.07, 6.45) is 5.93. The summed E-state index contributed by atoms with van der Waals surface area (Å²) in [6, 6.07) is 0. The molecule has 0 spiro atoms. The summed E-state index contributed by atoms with van der Waals surface area (Å²) in [4.78, 5) is 11.0. The highest BCUT2D eigenvalue weighted by molar-refractivity contribution is 6.05. The summed E-state index contributed by atoms with van der Waals surface area (Å²) in [6.45, 7) is 8.95. The number of hydrogen-bond donors (Lipinski definition) is 0. The van der Waals surface area contributed by atoms with Gasteiger partial charge in [0.05, 0.1) is 0 Å². The maximum absolute atomic E-state index is 11.0. The molecule has 0 saturated carbocycles. The fourth-order valence-electron chi connectivity index (χ4n) is 2.13. The van der Waals surface area contributed by atoms with Crippen LogP contribution in [-0.4, -0.2) is 5.78 Å². The number of allylic oxidation sites excluding steroid dienone is 2. The van der Waals surface area contributed by atoms with Gasteiger partial charge in [-0.15, -0.1) is 0 Å². The summed E-state index contributed by atoms with van der Waals surface area (Å²) in [5.41, 5.74) is 0.250. The zero-order valence-electron chi connectivity index (χ0n) is 10.1. The van der Waals surface area contributed by atoms with Crippen LogP contribution in [0.3, 0.4) is 0 Å². The van der Waals surface area contributed by atoms with Crippen molar-refractivity contribution in [3.63, 3.8) is 0 Å². The van der Waals surface area contributed by atoms with Crippen molar-refractivity contribution in [3.05, 3.63) is 12.2 Å². The van der Waals surface area contributed by atoms with Gasteiger partial charge in [0.2, 0.25) is 5.78 Å². The van der Waals surface area contributed by atoms with Crippen molar-refractivity contribution in [2.75, 3.05) is 0 Å². The van der Waals surface area contributed by atoms with Crippen LogP contribution >= 0.6 is 0 Å². The summed E-state index contributed by atoms with van der Waals surface area (Å²) in [5.74, 6) is 6.48. The van der Waals surface area contributed by atoms with Crippen molar-refractivity contribution in [1.82, 2.24) is 0 Å². The molecule has 0 aromatic heterocycles. The van der Waals surface area contributed by atoms with Crippen molar-refractivity contribution < 1.29 is 4.79 Å². The Hall–Kier alpha value is -1.03. The molecule has 0 fully saturated rings. The van der Waals surface area contributed by atoms with Gasteiger partial charge in [-0.1, -0.05) is 46.1 Å². The second-order valence-corrected chi connectivity index (χ2v) is 5.28. The molecule has 0 bridgehead atoms. The molecule has 0 amide bonds. The number of ketones is 1. The van der Waals surface area contributed by atoms with Crippen LogP contribution in [0.2, 0.25) is 0 Å². The van der Waals surface area contributed by atoms with Crippen molar-refractivity contribution in [3.8, 4) is 11.8 Å². The van der Waals surface area contributed by atoms with Gasteiger partial charge in [-0.2, -0.15) is 0 Å². The van der Waals surface area contributed by atoms with E-state index in [-0.39, 0.29) is 17.1 Å². The molecular formula is C14H20O. The summed E-state index contributed by atoms with van der Waals surface area (Å²) in [5, 5.41) is 0. The van der Waals surface area contributed by atoms with Crippen molar-refractivity contribution >= 4 is 5.78 Å². The quantitative estimate of drug-likeness (QED) is 0.509. The summed E-state index contributed by atoms with van der Waals surface area (Å²) >= 11 is 0. The third-order valence-electron chi connectivity index (χ3n) is 2.96. The van der Waals surface area contributed by atoms with Gasteiger partial charge in [0.15, 0.2) is 0 Å². The first-order valence-corrected chi connectivity index (χ1v) is 5.69. The first-order chi connectivity index (χ1) is 6.95. The van der Waals surface area contributed by atoms with E-state index in [0.717, 1.165) is 0 Å². The average Bonchev–Trinajstić information content (AvgIpc) is 2.14. The van der Waals surface area contributed by atoms with E-state index >= 15 is 0 Å². The molecule has 0 saturated heterocycles. The lowest BCUT2D eigenvalue weighted by Crippen LogP contribution is -2.27. The zero-order valence-corrected chi connectivity index (χ0v) is 10.1. The van der Waals surface area contributed by atoms with E-state index in [1.54, 1.807) is 6.08 Å². The Morgan fingerprint density at radius 1 is 1.47 bits per heavy atom. The van der Waals surface area contributed by atoms with E-state index in [4.69, 9.17) is 0 Å². The van der Waals surface area contributed by atoms with Crippen LogP contribution in [0.4, 0.5) is 0 Å².